The summed E-state index contributed by atoms with van der Waals surface area (Å²) in [7, 11) is 0. The molecule has 0 saturated heterocycles. The Kier molecular flexibility index (Phi) is 5.94. The number of amides is 1. The van der Waals surface area contributed by atoms with E-state index in [-0.39, 0.29) is 12.7 Å². The Morgan fingerprint density at radius 2 is 2.04 bits per heavy atom. The minimum absolute atomic E-state index is 0.0741. The van der Waals surface area contributed by atoms with Crippen molar-refractivity contribution in [2.75, 3.05) is 18.7 Å². The second-order valence-electron chi connectivity index (χ2n) is 6.01. The predicted molar refractivity (Wildman–Crippen MR) is 105 cm³/mol. The molecule has 0 fully saturated rings. The summed E-state index contributed by atoms with van der Waals surface area (Å²) in [4.78, 5) is 12.1. The van der Waals surface area contributed by atoms with Crippen LogP contribution < -0.4 is 19.5 Å². The van der Waals surface area contributed by atoms with E-state index >= 15 is 0 Å². The first-order valence-corrected chi connectivity index (χ1v) is 9.40. The van der Waals surface area contributed by atoms with Gasteiger partial charge in [-0.05, 0) is 65.5 Å². The lowest BCUT2D eigenvalue weighted by Crippen LogP contribution is -2.12. The molecule has 5 nitrogen and oxygen atoms in total. The number of hydrogen-bond donors (Lipinski definition) is 1. The third kappa shape index (κ3) is 4.24. The van der Waals surface area contributed by atoms with Gasteiger partial charge in [0, 0.05) is 23.2 Å². The van der Waals surface area contributed by atoms with Crippen molar-refractivity contribution in [2.24, 2.45) is 0 Å². The molecule has 2 aromatic carbocycles. The second kappa shape index (κ2) is 8.18. The summed E-state index contributed by atoms with van der Waals surface area (Å²) in [5.74, 6) is 2.00. The molecule has 0 unspecified atom stereocenters. The minimum atomic E-state index is -0.0741. The maximum atomic E-state index is 12.1. The highest BCUT2D eigenvalue weighted by atomic mass is 79.9. The van der Waals surface area contributed by atoms with Gasteiger partial charge in [0.05, 0.1) is 11.1 Å². The highest BCUT2D eigenvalue weighted by molar-refractivity contribution is 9.10. The Balaban J connectivity index is 1.47. The van der Waals surface area contributed by atoms with Crippen LogP contribution in [0, 0.1) is 13.8 Å². The van der Waals surface area contributed by atoms with Crippen LogP contribution in [0.4, 0.5) is 5.69 Å². The summed E-state index contributed by atoms with van der Waals surface area (Å²) in [5.41, 5.74) is 2.59. The molecule has 0 spiro atoms. The molecule has 1 amide bonds. The molecule has 1 aliphatic rings. The van der Waals surface area contributed by atoms with E-state index in [0.29, 0.717) is 36.6 Å². The summed E-state index contributed by atoms with van der Waals surface area (Å²) < 4.78 is 17.2. The van der Waals surface area contributed by atoms with Gasteiger partial charge in [0.15, 0.2) is 11.5 Å². The minimum Gasteiger partial charge on any atom is -0.492 e. The largest absolute Gasteiger partial charge is 0.492 e. The van der Waals surface area contributed by atoms with Gasteiger partial charge in [-0.1, -0.05) is 11.6 Å². The molecule has 1 heterocycles. The zero-order valence-electron chi connectivity index (χ0n) is 14.5. The Labute approximate surface area is 165 Å². The van der Waals surface area contributed by atoms with Crippen LogP contribution in [0.2, 0.25) is 5.02 Å². The summed E-state index contributed by atoms with van der Waals surface area (Å²) in [6.45, 7) is 4.52. The lowest BCUT2D eigenvalue weighted by molar-refractivity contribution is -0.116. The molecule has 1 aliphatic heterocycles. The molecule has 0 aliphatic carbocycles. The number of halogens is 2. The normalized spacial score (nSPS) is 12.2. The number of benzene rings is 2. The lowest BCUT2D eigenvalue weighted by Gasteiger charge is -2.13. The Morgan fingerprint density at radius 3 is 2.85 bits per heavy atom. The number of hydrogen-bond acceptors (Lipinski definition) is 4. The van der Waals surface area contributed by atoms with Crippen molar-refractivity contribution in [2.45, 2.75) is 26.7 Å². The van der Waals surface area contributed by atoms with Crippen LogP contribution in [0.5, 0.6) is 17.2 Å². The van der Waals surface area contributed by atoms with Gasteiger partial charge in [0.2, 0.25) is 12.7 Å². The molecular formula is C19H19BrClNO4. The molecule has 138 valence electrons. The maximum Gasteiger partial charge on any atom is 0.231 e. The van der Waals surface area contributed by atoms with Gasteiger partial charge in [0.1, 0.15) is 5.75 Å². The van der Waals surface area contributed by atoms with Gasteiger partial charge in [-0.25, -0.2) is 0 Å². The molecule has 2 aromatic rings. The van der Waals surface area contributed by atoms with Gasteiger partial charge in [-0.3, -0.25) is 4.79 Å². The van der Waals surface area contributed by atoms with Crippen LogP contribution in [0.15, 0.2) is 28.7 Å². The number of carbonyl (C=O) groups excluding carboxylic acids is 1. The van der Waals surface area contributed by atoms with Crippen LogP contribution in [-0.4, -0.2) is 19.3 Å². The summed E-state index contributed by atoms with van der Waals surface area (Å²) in [5, 5.41) is 3.58. The average Bonchev–Trinajstić information content (AvgIpc) is 3.08. The molecular weight excluding hydrogens is 422 g/mol. The Morgan fingerprint density at radius 1 is 1.27 bits per heavy atom. The van der Waals surface area contributed by atoms with Gasteiger partial charge < -0.3 is 19.5 Å². The van der Waals surface area contributed by atoms with Crippen molar-refractivity contribution >= 4 is 39.1 Å². The van der Waals surface area contributed by atoms with Crippen molar-refractivity contribution in [3.8, 4) is 17.2 Å². The Bertz CT molecular complexity index is 841. The number of ether oxygens (including phenoxy) is 3. The van der Waals surface area contributed by atoms with Crippen LogP contribution >= 0.6 is 27.5 Å². The van der Waals surface area contributed by atoms with Crippen molar-refractivity contribution in [1.29, 1.82) is 0 Å². The van der Waals surface area contributed by atoms with Crippen LogP contribution in [0.1, 0.15) is 24.0 Å². The molecule has 1 N–H and O–H groups in total. The van der Waals surface area contributed by atoms with Crippen LogP contribution in [0.3, 0.4) is 0 Å². The summed E-state index contributed by atoms with van der Waals surface area (Å²) in [6, 6.07) is 7.22. The fraction of sp³-hybridized carbons (Fsp3) is 0.316. The first-order valence-electron chi connectivity index (χ1n) is 8.23. The van der Waals surface area contributed by atoms with E-state index in [1.807, 2.05) is 19.9 Å². The van der Waals surface area contributed by atoms with Crippen molar-refractivity contribution in [3.63, 3.8) is 0 Å². The quantitative estimate of drug-likeness (QED) is 0.624. The van der Waals surface area contributed by atoms with Crippen molar-refractivity contribution in [1.82, 2.24) is 0 Å². The standard InChI is InChI=1S/C19H19BrClNO4/c1-11-8-16(18(20)12(2)19(11)21)24-7-3-4-17(23)22-13-5-6-14-15(9-13)26-10-25-14/h5-6,8-9H,3-4,7,10H2,1-2H3,(H,22,23). The van der Waals surface area contributed by atoms with E-state index in [4.69, 9.17) is 25.8 Å². The summed E-state index contributed by atoms with van der Waals surface area (Å²) >= 11 is 9.72. The number of anilines is 1. The van der Waals surface area contributed by atoms with E-state index in [1.54, 1.807) is 18.2 Å². The topological polar surface area (TPSA) is 56.8 Å². The predicted octanol–water partition coefficient (Wildman–Crippen LogP) is 5.25. The zero-order chi connectivity index (χ0) is 18.7. The van der Waals surface area contributed by atoms with E-state index in [1.165, 1.54) is 0 Å². The molecule has 0 saturated carbocycles. The lowest BCUT2D eigenvalue weighted by atomic mass is 10.1. The van der Waals surface area contributed by atoms with Gasteiger partial charge in [0.25, 0.3) is 0 Å². The van der Waals surface area contributed by atoms with Gasteiger partial charge in [-0.2, -0.15) is 0 Å². The smallest absolute Gasteiger partial charge is 0.231 e. The van der Waals surface area contributed by atoms with Crippen LogP contribution in [-0.2, 0) is 4.79 Å². The molecule has 7 heteroatoms. The fourth-order valence-corrected chi connectivity index (χ4v) is 3.31. The third-order valence-electron chi connectivity index (χ3n) is 4.03. The summed E-state index contributed by atoms with van der Waals surface area (Å²) in [6.07, 6.45) is 0.959. The second-order valence-corrected chi connectivity index (χ2v) is 7.18. The number of carbonyl (C=O) groups is 1. The first-order chi connectivity index (χ1) is 12.5. The zero-order valence-corrected chi connectivity index (χ0v) is 16.9. The van der Waals surface area contributed by atoms with Crippen molar-refractivity contribution < 1.29 is 19.0 Å². The number of aryl methyl sites for hydroxylation is 1. The number of rotatable bonds is 6. The van der Waals surface area contributed by atoms with Gasteiger partial charge in [-0.15, -0.1) is 0 Å². The van der Waals surface area contributed by atoms with E-state index in [2.05, 4.69) is 21.2 Å². The highest BCUT2D eigenvalue weighted by Crippen LogP contribution is 2.36. The number of nitrogens with one attached hydrogen (secondary N) is 1. The maximum absolute atomic E-state index is 12.1. The van der Waals surface area contributed by atoms with E-state index in [9.17, 15) is 4.79 Å². The highest BCUT2D eigenvalue weighted by Gasteiger charge is 2.14. The molecule has 0 bridgehead atoms. The fourth-order valence-electron chi connectivity index (χ4n) is 2.62. The molecule has 26 heavy (non-hydrogen) atoms. The molecule has 0 aromatic heterocycles. The van der Waals surface area contributed by atoms with E-state index in [0.717, 1.165) is 26.4 Å². The molecule has 0 radical (unpaired) electrons. The third-order valence-corrected chi connectivity index (χ3v) is 5.60. The average molecular weight is 441 g/mol. The van der Waals surface area contributed by atoms with Crippen molar-refractivity contribution in [3.05, 3.63) is 44.9 Å². The molecule has 3 rings (SSSR count). The monoisotopic (exact) mass is 439 g/mol. The van der Waals surface area contributed by atoms with Crippen LogP contribution in [0.25, 0.3) is 0 Å². The SMILES string of the molecule is Cc1cc(OCCCC(=O)Nc2ccc3c(c2)OCO3)c(Br)c(C)c1Cl. The van der Waals surface area contributed by atoms with Gasteiger partial charge >= 0.3 is 0 Å². The Hall–Kier alpha value is -1.92. The number of fused-ring (bicyclic) bond motifs is 1. The van der Waals surface area contributed by atoms with E-state index < -0.39 is 0 Å². The molecule has 0 atom stereocenters. The first kappa shape index (κ1) is 18.9.